The first-order valence-corrected chi connectivity index (χ1v) is 8.55. The summed E-state index contributed by atoms with van der Waals surface area (Å²) in [6, 6.07) is 17.5. The summed E-state index contributed by atoms with van der Waals surface area (Å²) in [4.78, 5) is 15.2. The third kappa shape index (κ3) is 3.42. The molecule has 0 saturated carbocycles. The molecule has 0 unspecified atom stereocenters. The second-order valence-electron chi connectivity index (χ2n) is 5.41. The molecule has 124 valence electrons. The van der Waals surface area contributed by atoms with E-state index in [-0.39, 0.29) is 19.1 Å². The van der Waals surface area contributed by atoms with Crippen molar-refractivity contribution in [1.82, 2.24) is 4.90 Å². The maximum Gasteiger partial charge on any atom is 0.264 e. The van der Waals surface area contributed by atoms with Crippen molar-refractivity contribution in [2.45, 2.75) is 6.54 Å². The average molecular weight is 341 g/mol. The van der Waals surface area contributed by atoms with Crippen molar-refractivity contribution in [3.8, 4) is 5.75 Å². The molecular weight excluding hydrogens is 322 g/mol. The predicted molar refractivity (Wildman–Crippen MR) is 96.6 cm³/mol. The van der Waals surface area contributed by atoms with E-state index in [1.165, 1.54) is 11.3 Å². The molecule has 1 amide bonds. The van der Waals surface area contributed by atoms with Gasteiger partial charge >= 0.3 is 0 Å². The highest BCUT2D eigenvalue weighted by atomic mass is 32.1. The number of aliphatic hydroxyl groups excluding tert-OH is 1. The lowest BCUT2D eigenvalue weighted by Crippen LogP contribution is -2.32. The summed E-state index contributed by atoms with van der Waals surface area (Å²) in [6.07, 6.45) is 0. The lowest BCUT2D eigenvalue weighted by molar-refractivity contribution is 0.0711. The molecule has 0 aliphatic rings. The minimum Gasteiger partial charge on any atom is -0.496 e. The molecule has 5 heteroatoms. The van der Waals surface area contributed by atoms with Crippen molar-refractivity contribution in [2.24, 2.45) is 0 Å². The van der Waals surface area contributed by atoms with Gasteiger partial charge in [-0.05, 0) is 23.6 Å². The smallest absolute Gasteiger partial charge is 0.264 e. The van der Waals surface area contributed by atoms with Gasteiger partial charge in [-0.25, -0.2) is 0 Å². The Morgan fingerprint density at radius 3 is 2.67 bits per heavy atom. The largest absolute Gasteiger partial charge is 0.496 e. The molecule has 0 aliphatic carbocycles. The number of ether oxygens (including phenoxy) is 1. The van der Waals surface area contributed by atoms with Crippen molar-refractivity contribution < 1.29 is 14.6 Å². The number of carbonyl (C=O) groups excluding carboxylic acids is 1. The Hall–Kier alpha value is -2.37. The van der Waals surface area contributed by atoms with Crippen LogP contribution in [0.4, 0.5) is 0 Å². The van der Waals surface area contributed by atoms with E-state index in [1.54, 1.807) is 12.0 Å². The lowest BCUT2D eigenvalue weighted by atomic mass is 10.2. The fourth-order valence-electron chi connectivity index (χ4n) is 2.66. The van der Waals surface area contributed by atoms with E-state index in [9.17, 15) is 9.90 Å². The predicted octanol–water partition coefficient (Wildman–Crippen LogP) is 3.54. The fourth-order valence-corrected chi connectivity index (χ4v) is 3.69. The molecule has 1 heterocycles. The van der Waals surface area contributed by atoms with Crippen molar-refractivity contribution >= 4 is 27.3 Å². The van der Waals surface area contributed by atoms with Crippen LogP contribution >= 0.6 is 11.3 Å². The Bertz CT molecular complexity index is 810. The molecule has 0 atom stereocenters. The second kappa shape index (κ2) is 7.47. The van der Waals surface area contributed by atoms with Crippen LogP contribution in [0.3, 0.4) is 0 Å². The maximum absolute atomic E-state index is 12.9. The number of carbonyl (C=O) groups is 1. The van der Waals surface area contributed by atoms with Gasteiger partial charge in [-0.15, -0.1) is 11.3 Å². The quantitative estimate of drug-likeness (QED) is 0.746. The molecule has 0 aliphatic heterocycles. The first-order valence-electron chi connectivity index (χ1n) is 7.73. The van der Waals surface area contributed by atoms with Crippen LogP contribution in [0.1, 0.15) is 15.2 Å². The zero-order valence-corrected chi connectivity index (χ0v) is 14.3. The maximum atomic E-state index is 12.9. The number of hydrogen-bond donors (Lipinski definition) is 1. The number of nitrogens with zero attached hydrogens (tertiary/aromatic N) is 1. The van der Waals surface area contributed by atoms with E-state index in [4.69, 9.17) is 4.74 Å². The summed E-state index contributed by atoms with van der Waals surface area (Å²) in [5.74, 6) is 0.667. The number of para-hydroxylation sites is 1. The van der Waals surface area contributed by atoms with Gasteiger partial charge in [-0.1, -0.05) is 36.4 Å². The van der Waals surface area contributed by atoms with Crippen LogP contribution in [0.5, 0.6) is 5.75 Å². The van der Waals surface area contributed by atoms with Gasteiger partial charge in [-0.3, -0.25) is 4.79 Å². The van der Waals surface area contributed by atoms with Crippen molar-refractivity contribution in [1.29, 1.82) is 0 Å². The van der Waals surface area contributed by atoms with Gasteiger partial charge in [0.1, 0.15) is 5.75 Å². The Labute approximate surface area is 144 Å². The summed E-state index contributed by atoms with van der Waals surface area (Å²) in [5, 5.41) is 10.4. The first-order chi connectivity index (χ1) is 11.7. The summed E-state index contributed by atoms with van der Waals surface area (Å²) in [7, 11) is 1.61. The zero-order chi connectivity index (χ0) is 16.9. The second-order valence-corrected chi connectivity index (χ2v) is 6.49. The average Bonchev–Trinajstić information content (AvgIpc) is 3.05. The molecule has 0 bridgehead atoms. The van der Waals surface area contributed by atoms with E-state index in [2.05, 4.69) is 0 Å². The molecule has 4 nitrogen and oxygen atoms in total. The van der Waals surface area contributed by atoms with Crippen molar-refractivity contribution in [3.05, 3.63) is 65.0 Å². The molecule has 0 saturated heterocycles. The van der Waals surface area contributed by atoms with E-state index in [0.717, 1.165) is 21.4 Å². The number of thiophene rings is 1. The van der Waals surface area contributed by atoms with Crippen molar-refractivity contribution in [3.63, 3.8) is 0 Å². The Balaban J connectivity index is 1.88. The Morgan fingerprint density at radius 2 is 1.92 bits per heavy atom. The van der Waals surface area contributed by atoms with Crippen LogP contribution in [0.25, 0.3) is 10.1 Å². The molecule has 24 heavy (non-hydrogen) atoms. The normalized spacial score (nSPS) is 10.8. The number of hydrogen-bond acceptors (Lipinski definition) is 4. The molecule has 0 fully saturated rings. The summed E-state index contributed by atoms with van der Waals surface area (Å²) in [6.45, 7) is 0.606. The summed E-state index contributed by atoms with van der Waals surface area (Å²) < 4.78 is 6.45. The van der Waals surface area contributed by atoms with Crippen molar-refractivity contribution in [2.75, 3.05) is 20.3 Å². The number of benzene rings is 2. The monoisotopic (exact) mass is 341 g/mol. The van der Waals surface area contributed by atoms with Gasteiger partial charge in [0, 0.05) is 23.4 Å². The molecule has 1 aromatic heterocycles. The van der Waals surface area contributed by atoms with E-state index >= 15 is 0 Å². The molecule has 0 radical (unpaired) electrons. The Morgan fingerprint density at radius 1 is 1.17 bits per heavy atom. The van der Waals surface area contributed by atoms with E-state index in [0.29, 0.717) is 11.4 Å². The topological polar surface area (TPSA) is 49.8 Å². The van der Waals surface area contributed by atoms with Gasteiger partial charge < -0.3 is 14.7 Å². The molecular formula is C19H19NO3S. The van der Waals surface area contributed by atoms with E-state index < -0.39 is 0 Å². The van der Waals surface area contributed by atoms with Gasteiger partial charge in [0.2, 0.25) is 0 Å². The molecule has 3 aromatic rings. The third-order valence-electron chi connectivity index (χ3n) is 3.85. The zero-order valence-electron chi connectivity index (χ0n) is 13.4. The number of fused-ring (bicyclic) bond motifs is 1. The highest BCUT2D eigenvalue weighted by Gasteiger charge is 2.19. The van der Waals surface area contributed by atoms with Gasteiger partial charge in [0.25, 0.3) is 5.91 Å². The number of aliphatic hydroxyl groups is 1. The van der Waals surface area contributed by atoms with Crippen LogP contribution in [0, 0.1) is 0 Å². The number of rotatable bonds is 6. The number of amides is 1. The minimum absolute atomic E-state index is 0.0730. The third-order valence-corrected chi connectivity index (χ3v) is 4.95. The molecule has 0 spiro atoms. The van der Waals surface area contributed by atoms with Gasteiger partial charge in [0.05, 0.1) is 18.6 Å². The van der Waals surface area contributed by atoms with Crippen LogP contribution < -0.4 is 4.74 Å². The van der Waals surface area contributed by atoms with Crippen LogP contribution in [0.2, 0.25) is 0 Å². The first kappa shape index (κ1) is 16.5. The molecule has 1 N–H and O–H groups in total. The highest BCUT2D eigenvalue weighted by Crippen LogP contribution is 2.27. The number of methoxy groups -OCH3 is 1. The Kier molecular flexibility index (Phi) is 5.13. The SMILES string of the molecule is COc1ccccc1CN(CCO)C(=O)c1cc2ccccc2s1. The van der Waals surface area contributed by atoms with Crippen LogP contribution in [-0.4, -0.2) is 36.2 Å². The highest BCUT2D eigenvalue weighted by molar-refractivity contribution is 7.20. The van der Waals surface area contributed by atoms with E-state index in [1.807, 2.05) is 54.6 Å². The summed E-state index contributed by atoms with van der Waals surface area (Å²) >= 11 is 1.48. The van der Waals surface area contributed by atoms with Gasteiger partial charge in [-0.2, -0.15) is 0 Å². The minimum atomic E-state index is -0.0776. The van der Waals surface area contributed by atoms with Gasteiger partial charge in [0.15, 0.2) is 0 Å². The molecule has 2 aromatic carbocycles. The van der Waals surface area contributed by atoms with Crippen LogP contribution in [0.15, 0.2) is 54.6 Å². The lowest BCUT2D eigenvalue weighted by Gasteiger charge is -2.22. The summed E-state index contributed by atoms with van der Waals surface area (Å²) in [5.41, 5.74) is 0.919. The van der Waals surface area contributed by atoms with Crippen LogP contribution in [-0.2, 0) is 6.54 Å². The molecule has 3 rings (SSSR count). The fraction of sp³-hybridized carbons (Fsp3) is 0.211. The standard InChI is InChI=1S/C19H19NO3S/c1-23-16-8-4-2-7-15(16)13-20(10-11-21)19(22)18-12-14-6-3-5-9-17(14)24-18/h2-9,12,21H,10-11,13H2,1H3.